The van der Waals surface area contributed by atoms with E-state index in [1.807, 2.05) is 18.4 Å². The van der Waals surface area contributed by atoms with Crippen LogP contribution in [0.2, 0.25) is 0 Å². The Morgan fingerprint density at radius 3 is 3.00 bits per heavy atom. The zero-order valence-corrected chi connectivity index (χ0v) is 17.5. The number of methoxy groups -OCH3 is 1. The highest BCUT2D eigenvalue weighted by molar-refractivity contribution is 6.09. The van der Waals surface area contributed by atoms with E-state index < -0.39 is 5.60 Å². The monoisotopic (exact) mass is 434 g/mol. The van der Waals surface area contributed by atoms with Crippen molar-refractivity contribution in [3.63, 3.8) is 0 Å². The van der Waals surface area contributed by atoms with Crippen molar-refractivity contribution in [1.82, 2.24) is 30.2 Å². The lowest BCUT2D eigenvalue weighted by Crippen LogP contribution is -2.47. The van der Waals surface area contributed by atoms with Crippen LogP contribution in [0.5, 0.6) is 0 Å². The van der Waals surface area contributed by atoms with Gasteiger partial charge in [0.25, 0.3) is 5.95 Å². The minimum atomic E-state index is -0.415. The molecule has 1 atom stereocenters. The Bertz CT molecular complexity index is 1220. The smallest absolute Gasteiger partial charge is 0.407 e. The maximum atomic E-state index is 11.5. The zero-order chi connectivity index (χ0) is 21.7. The molecule has 2 N–H and O–H groups in total. The highest BCUT2D eigenvalue weighted by Crippen LogP contribution is 2.32. The number of aromatic nitrogens is 4. The molecule has 3 aliphatic heterocycles. The number of alkyl carbamates (subject to hydrolysis) is 1. The number of carbonyl (C=O) groups excluding carboxylic acids is 1. The highest BCUT2D eigenvalue weighted by Gasteiger charge is 2.43. The average Bonchev–Trinajstić information content (AvgIpc) is 3.52. The Hall–Kier alpha value is -3.89. The van der Waals surface area contributed by atoms with Crippen LogP contribution in [0.1, 0.15) is 12.8 Å². The van der Waals surface area contributed by atoms with Gasteiger partial charge in [-0.1, -0.05) is 6.08 Å². The number of hydrogen-bond acceptors (Lipinski definition) is 9. The van der Waals surface area contributed by atoms with Gasteiger partial charge in [0, 0.05) is 49.9 Å². The number of nitrogens with zero attached hydrogens (tertiary/aromatic N) is 6. The van der Waals surface area contributed by atoms with Gasteiger partial charge < -0.3 is 25.0 Å². The summed E-state index contributed by atoms with van der Waals surface area (Å²) in [5.41, 5.74) is 1.92. The van der Waals surface area contributed by atoms with Crippen molar-refractivity contribution in [3.05, 3.63) is 48.3 Å². The number of carbonyl (C=O) groups is 1. The normalized spacial score (nSPS) is 24.8. The van der Waals surface area contributed by atoms with Gasteiger partial charge in [-0.05, 0) is 18.4 Å². The molecule has 1 amide bonds. The molecular formula is C21H22N8O3. The SMILES string of the molecule is COC1=CC2C=CNC2=CC1=Nc1nc2c(N3CCC4(CC3)CNC(=O)O4)nccn2n1. The molecule has 6 rings (SSSR count). The maximum absolute atomic E-state index is 11.5. The molecule has 164 valence electrons. The first kappa shape index (κ1) is 18.8. The van der Waals surface area contributed by atoms with E-state index >= 15 is 0 Å². The van der Waals surface area contributed by atoms with Gasteiger partial charge in [-0.3, -0.25) is 0 Å². The molecule has 1 unspecified atom stereocenters. The molecule has 5 heterocycles. The molecule has 0 aromatic carbocycles. The van der Waals surface area contributed by atoms with Crippen LogP contribution in [-0.2, 0) is 9.47 Å². The first-order valence-electron chi connectivity index (χ1n) is 10.6. The molecule has 2 aromatic rings. The fraction of sp³-hybridized carbons (Fsp3) is 0.381. The highest BCUT2D eigenvalue weighted by atomic mass is 16.6. The summed E-state index contributed by atoms with van der Waals surface area (Å²) in [4.78, 5) is 27.5. The van der Waals surface area contributed by atoms with E-state index in [-0.39, 0.29) is 12.0 Å². The Labute approximate surface area is 183 Å². The van der Waals surface area contributed by atoms with Crippen molar-refractivity contribution in [2.75, 3.05) is 31.6 Å². The van der Waals surface area contributed by atoms with Crippen molar-refractivity contribution >= 4 is 29.2 Å². The number of fused-ring (bicyclic) bond motifs is 2. The third kappa shape index (κ3) is 3.08. The first-order chi connectivity index (χ1) is 15.6. The summed E-state index contributed by atoms with van der Waals surface area (Å²) >= 11 is 0. The van der Waals surface area contributed by atoms with Gasteiger partial charge >= 0.3 is 6.09 Å². The molecule has 0 saturated carbocycles. The second-order valence-electron chi connectivity index (χ2n) is 8.20. The van der Waals surface area contributed by atoms with Gasteiger partial charge in [0.1, 0.15) is 17.1 Å². The fourth-order valence-corrected chi connectivity index (χ4v) is 4.54. The predicted octanol–water partition coefficient (Wildman–Crippen LogP) is 1.44. The third-order valence-corrected chi connectivity index (χ3v) is 6.29. The summed E-state index contributed by atoms with van der Waals surface area (Å²) in [6.45, 7) is 1.97. The topological polar surface area (TPSA) is 118 Å². The number of amides is 1. The lowest BCUT2D eigenvalue weighted by molar-refractivity contribution is 0.0366. The summed E-state index contributed by atoms with van der Waals surface area (Å²) in [6, 6.07) is 0. The van der Waals surface area contributed by atoms with Crippen LogP contribution < -0.4 is 15.5 Å². The number of anilines is 1. The number of aliphatic imine (C=N–C) groups is 1. The van der Waals surface area contributed by atoms with E-state index in [2.05, 4.69) is 41.7 Å². The van der Waals surface area contributed by atoms with Gasteiger partial charge in [-0.15, -0.1) is 5.10 Å². The Balaban J connectivity index is 1.29. The number of ether oxygens (including phenoxy) is 2. The van der Waals surface area contributed by atoms with Crippen molar-refractivity contribution in [2.45, 2.75) is 18.4 Å². The van der Waals surface area contributed by atoms with Crippen LogP contribution in [0.25, 0.3) is 5.65 Å². The molecule has 1 spiro atoms. The van der Waals surface area contributed by atoms with Crippen LogP contribution >= 0.6 is 0 Å². The van der Waals surface area contributed by atoms with Crippen LogP contribution in [0.3, 0.4) is 0 Å². The summed E-state index contributed by atoms with van der Waals surface area (Å²) < 4.78 is 12.7. The molecule has 2 fully saturated rings. The fourth-order valence-electron chi connectivity index (χ4n) is 4.54. The van der Waals surface area contributed by atoms with Crippen LogP contribution in [0, 0.1) is 5.92 Å². The van der Waals surface area contributed by atoms with E-state index in [1.54, 1.807) is 24.0 Å². The van der Waals surface area contributed by atoms with Crippen molar-refractivity contribution in [1.29, 1.82) is 0 Å². The number of piperidine rings is 1. The van der Waals surface area contributed by atoms with E-state index in [0.29, 0.717) is 42.7 Å². The van der Waals surface area contributed by atoms with Gasteiger partial charge in [0.15, 0.2) is 11.5 Å². The number of nitrogens with one attached hydrogen (secondary N) is 2. The molecule has 2 aromatic heterocycles. The zero-order valence-electron chi connectivity index (χ0n) is 17.5. The molecule has 4 aliphatic rings. The predicted molar refractivity (Wildman–Crippen MR) is 115 cm³/mol. The van der Waals surface area contributed by atoms with Gasteiger partial charge in [-0.25, -0.2) is 19.3 Å². The van der Waals surface area contributed by atoms with Gasteiger partial charge in [0.2, 0.25) is 0 Å². The number of allylic oxidation sites excluding steroid dienone is 2. The van der Waals surface area contributed by atoms with E-state index in [4.69, 9.17) is 9.47 Å². The number of hydrogen-bond donors (Lipinski definition) is 2. The van der Waals surface area contributed by atoms with Crippen molar-refractivity contribution < 1.29 is 14.3 Å². The average molecular weight is 434 g/mol. The summed E-state index contributed by atoms with van der Waals surface area (Å²) in [5, 5.41) is 10.5. The maximum Gasteiger partial charge on any atom is 0.407 e. The standard InChI is InChI=1S/C21H22N8O3/c1-31-16-10-13-2-5-22-14(13)11-15(16)25-19-26-18-17(23-6-9-29(18)27-19)28-7-3-21(4-8-28)12-24-20(30)32-21/h2,5-6,9-11,13,22H,3-4,7-8,12H2,1H3,(H,24,30). The molecular weight excluding hydrogens is 412 g/mol. The van der Waals surface area contributed by atoms with Gasteiger partial charge in [0.05, 0.1) is 13.7 Å². The Morgan fingerprint density at radius 1 is 1.34 bits per heavy atom. The molecule has 32 heavy (non-hydrogen) atoms. The minimum absolute atomic E-state index is 0.172. The van der Waals surface area contributed by atoms with Gasteiger partial charge in [-0.2, -0.15) is 4.98 Å². The summed E-state index contributed by atoms with van der Waals surface area (Å²) in [6.07, 6.45) is 12.5. The van der Waals surface area contributed by atoms with E-state index in [0.717, 1.165) is 24.4 Å². The minimum Gasteiger partial charge on any atom is -0.495 e. The summed E-state index contributed by atoms with van der Waals surface area (Å²) in [7, 11) is 1.63. The molecule has 1 aliphatic carbocycles. The number of rotatable bonds is 3. The van der Waals surface area contributed by atoms with Crippen molar-refractivity contribution in [3.8, 4) is 0 Å². The second-order valence-corrected chi connectivity index (χ2v) is 8.20. The Kier molecular flexibility index (Phi) is 4.17. The lowest BCUT2D eigenvalue weighted by Gasteiger charge is -2.37. The molecule has 11 nitrogen and oxygen atoms in total. The quantitative estimate of drug-likeness (QED) is 0.745. The summed E-state index contributed by atoms with van der Waals surface area (Å²) in [5.74, 6) is 1.93. The molecule has 0 radical (unpaired) electrons. The van der Waals surface area contributed by atoms with E-state index in [1.165, 1.54) is 0 Å². The lowest BCUT2D eigenvalue weighted by atomic mass is 9.92. The van der Waals surface area contributed by atoms with Crippen LogP contribution in [0.15, 0.2) is 53.3 Å². The van der Waals surface area contributed by atoms with Crippen LogP contribution in [0.4, 0.5) is 16.6 Å². The van der Waals surface area contributed by atoms with Crippen molar-refractivity contribution in [2.24, 2.45) is 10.9 Å². The molecule has 11 heteroatoms. The molecule has 2 saturated heterocycles. The Morgan fingerprint density at radius 2 is 2.22 bits per heavy atom. The third-order valence-electron chi connectivity index (χ3n) is 6.29. The van der Waals surface area contributed by atoms with E-state index in [9.17, 15) is 4.79 Å². The largest absolute Gasteiger partial charge is 0.495 e. The van der Waals surface area contributed by atoms with Crippen LogP contribution in [-0.4, -0.2) is 63.7 Å². The second kappa shape index (κ2) is 7.08. The first-order valence-corrected chi connectivity index (χ1v) is 10.6. The molecule has 0 bridgehead atoms.